The molecule has 9 heteroatoms. The quantitative estimate of drug-likeness (QED) is 0.507. The van der Waals surface area contributed by atoms with Gasteiger partial charge in [0.1, 0.15) is 12.4 Å². The third-order valence-electron chi connectivity index (χ3n) is 3.00. The van der Waals surface area contributed by atoms with Crippen LogP contribution in [0.5, 0.6) is 5.75 Å². The minimum atomic E-state index is -0.713. The molecule has 0 aromatic heterocycles. The molecule has 1 N–H and O–H groups in total. The van der Waals surface area contributed by atoms with Crippen molar-refractivity contribution in [1.29, 1.82) is 0 Å². The number of hydrogen-bond acceptors (Lipinski definition) is 4. The first kappa shape index (κ1) is 19.7. The fourth-order valence-corrected chi connectivity index (χ4v) is 2.91. The van der Waals surface area contributed by atoms with Crippen LogP contribution in [0.1, 0.15) is 11.1 Å². The normalized spacial score (nSPS) is 10.8. The van der Waals surface area contributed by atoms with Crippen LogP contribution >= 0.6 is 46.4 Å². The van der Waals surface area contributed by atoms with Gasteiger partial charge in [-0.25, -0.2) is 10.2 Å². The van der Waals surface area contributed by atoms with E-state index in [0.717, 1.165) is 0 Å². The van der Waals surface area contributed by atoms with Crippen LogP contribution in [0.25, 0.3) is 0 Å². The van der Waals surface area contributed by atoms with Crippen LogP contribution < -0.4 is 10.2 Å². The highest BCUT2D eigenvalue weighted by Gasteiger charge is 2.12. The number of nitrogens with one attached hydrogen (secondary N) is 1. The number of hydrogen-bond donors (Lipinski definition) is 1. The molecule has 132 valence electrons. The predicted octanol–water partition coefficient (Wildman–Crippen LogP) is 5.57. The molecule has 0 aliphatic rings. The molecule has 0 saturated heterocycles. The van der Waals surface area contributed by atoms with E-state index in [-0.39, 0.29) is 11.6 Å². The molecule has 0 radical (unpaired) electrons. The molecular weight excluding hydrogens is 410 g/mol. The van der Waals surface area contributed by atoms with E-state index in [9.17, 15) is 4.79 Å². The van der Waals surface area contributed by atoms with Gasteiger partial charge in [0.25, 0.3) is 0 Å². The van der Waals surface area contributed by atoms with Crippen molar-refractivity contribution < 1.29 is 14.3 Å². The minimum Gasteiger partial charge on any atom is -0.487 e. The van der Waals surface area contributed by atoms with Crippen molar-refractivity contribution in [2.24, 2.45) is 5.10 Å². The molecule has 0 aliphatic heterocycles. The lowest BCUT2D eigenvalue weighted by molar-refractivity contribution is 0.171. The number of ether oxygens (including phenoxy) is 2. The van der Waals surface area contributed by atoms with Crippen molar-refractivity contribution in [2.75, 3.05) is 7.11 Å². The van der Waals surface area contributed by atoms with Crippen LogP contribution in [0, 0.1) is 0 Å². The summed E-state index contributed by atoms with van der Waals surface area (Å²) in [5, 5.41) is 5.35. The monoisotopic (exact) mass is 420 g/mol. The molecule has 5 nitrogen and oxygen atoms in total. The number of hydrazone groups is 1. The Hall–Kier alpha value is -1.66. The molecule has 0 atom stereocenters. The Bertz CT molecular complexity index is 792. The van der Waals surface area contributed by atoms with Gasteiger partial charge in [0.2, 0.25) is 0 Å². The molecule has 0 unspecified atom stereocenters. The Kier molecular flexibility index (Phi) is 7.20. The Morgan fingerprint density at radius 3 is 2.48 bits per heavy atom. The summed E-state index contributed by atoms with van der Waals surface area (Å²) in [6.07, 6.45) is 0.618. The zero-order valence-corrected chi connectivity index (χ0v) is 15.9. The van der Waals surface area contributed by atoms with Gasteiger partial charge in [-0.3, -0.25) is 0 Å². The maximum absolute atomic E-state index is 11.0. The van der Waals surface area contributed by atoms with Gasteiger partial charge < -0.3 is 9.47 Å². The van der Waals surface area contributed by atoms with Crippen molar-refractivity contribution in [3.05, 3.63) is 61.5 Å². The summed E-state index contributed by atoms with van der Waals surface area (Å²) in [6.45, 7) is 0.0884. The Morgan fingerprint density at radius 2 is 1.84 bits per heavy atom. The Morgan fingerprint density at radius 1 is 1.16 bits per heavy atom. The molecule has 0 spiro atoms. The summed E-state index contributed by atoms with van der Waals surface area (Å²) in [5.74, 6) is 0.317. The van der Waals surface area contributed by atoms with E-state index in [2.05, 4.69) is 15.3 Å². The molecular formula is C16H12Cl4N2O3. The van der Waals surface area contributed by atoms with Gasteiger partial charge in [-0.05, 0) is 24.3 Å². The molecule has 2 aromatic rings. The smallest absolute Gasteiger partial charge is 0.427 e. The van der Waals surface area contributed by atoms with Crippen molar-refractivity contribution >= 4 is 58.7 Å². The average molecular weight is 422 g/mol. The molecule has 2 aromatic carbocycles. The Labute approximate surface area is 164 Å². The first-order valence-electron chi connectivity index (χ1n) is 6.84. The maximum Gasteiger partial charge on any atom is 0.427 e. The van der Waals surface area contributed by atoms with E-state index in [1.54, 1.807) is 24.3 Å². The molecule has 1 amide bonds. The average Bonchev–Trinajstić information content (AvgIpc) is 2.55. The number of methoxy groups -OCH3 is 1. The summed E-state index contributed by atoms with van der Waals surface area (Å²) in [5.41, 5.74) is 3.24. The molecule has 0 saturated carbocycles. The predicted molar refractivity (Wildman–Crippen MR) is 100 cm³/mol. The number of carbonyl (C=O) groups is 1. The highest BCUT2D eigenvalue weighted by molar-refractivity contribution is 6.36. The Balaban J connectivity index is 2.26. The molecule has 0 heterocycles. The summed E-state index contributed by atoms with van der Waals surface area (Å²) in [4.78, 5) is 11.0. The fourth-order valence-electron chi connectivity index (χ4n) is 1.84. The number of nitrogens with zero attached hydrogens (tertiary/aromatic N) is 1. The molecule has 25 heavy (non-hydrogen) atoms. The zero-order valence-electron chi connectivity index (χ0n) is 12.9. The van der Waals surface area contributed by atoms with Crippen LogP contribution in [0.2, 0.25) is 20.1 Å². The largest absolute Gasteiger partial charge is 0.487 e. The van der Waals surface area contributed by atoms with Crippen molar-refractivity contribution in [1.82, 2.24) is 5.43 Å². The number of benzene rings is 2. The van der Waals surface area contributed by atoms with Gasteiger partial charge >= 0.3 is 6.09 Å². The number of rotatable bonds is 5. The molecule has 0 bridgehead atoms. The first-order chi connectivity index (χ1) is 11.9. The number of halogens is 4. The second kappa shape index (κ2) is 9.15. The maximum atomic E-state index is 11.0. The van der Waals surface area contributed by atoms with Gasteiger partial charge in [0.05, 0.1) is 18.3 Å². The van der Waals surface area contributed by atoms with Crippen LogP contribution in [0.4, 0.5) is 4.79 Å². The molecule has 0 aliphatic carbocycles. The standard InChI is InChI=1S/C16H12Cl4N2O3/c1-24-16(23)22-21-7-9-5-10(17)6-14(20)15(9)25-8-11-12(18)3-2-4-13(11)19/h2-7H,8H2,1H3,(H,22,23)/b21-7+. The van der Waals surface area contributed by atoms with Crippen molar-refractivity contribution in [3.8, 4) is 5.75 Å². The highest BCUT2D eigenvalue weighted by atomic mass is 35.5. The van der Waals surface area contributed by atoms with E-state index in [0.29, 0.717) is 31.9 Å². The number of amides is 1. The van der Waals surface area contributed by atoms with Crippen LogP contribution in [0.3, 0.4) is 0 Å². The lowest BCUT2D eigenvalue weighted by atomic mass is 10.2. The van der Waals surface area contributed by atoms with Crippen LogP contribution in [-0.2, 0) is 11.3 Å². The third kappa shape index (κ3) is 5.41. The fraction of sp³-hybridized carbons (Fsp3) is 0.125. The van der Waals surface area contributed by atoms with E-state index >= 15 is 0 Å². The lowest BCUT2D eigenvalue weighted by Gasteiger charge is -2.13. The first-order valence-corrected chi connectivity index (χ1v) is 8.35. The topological polar surface area (TPSA) is 59.9 Å². The van der Waals surface area contributed by atoms with Gasteiger partial charge in [-0.1, -0.05) is 52.5 Å². The third-order valence-corrected chi connectivity index (χ3v) is 4.21. The summed E-state index contributed by atoms with van der Waals surface area (Å²) >= 11 is 24.5. The second-order valence-electron chi connectivity index (χ2n) is 4.66. The molecule has 2 rings (SSSR count). The van der Waals surface area contributed by atoms with Crippen molar-refractivity contribution in [2.45, 2.75) is 6.61 Å². The van der Waals surface area contributed by atoms with E-state index < -0.39 is 6.09 Å². The highest BCUT2D eigenvalue weighted by Crippen LogP contribution is 2.33. The summed E-state index contributed by atoms with van der Waals surface area (Å²) < 4.78 is 10.2. The van der Waals surface area contributed by atoms with E-state index in [4.69, 9.17) is 51.1 Å². The van der Waals surface area contributed by atoms with Gasteiger partial charge in [-0.2, -0.15) is 5.10 Å². The summed E-state index contributed by atoms with van der Waals surface area (Å²) in [6, 6.07) is 8.26. The van der Waals surface area contributed by atoms with Crippen LogP contribution in [0.15, 0.2) is 35.4 Å². The van der Waals surface area contributed by atoms with E-state index in [1.807, 2.05) is 0 Å². The van der Waals surface area contributed by atoms with E-state index in [1.165, 1.54) is 19.4 Å². The lowest BCUT2D eigenvalue weighted by Crippen LogP contribution is -2.16. The van der Waals surface area contributed by atoms with Gasteiger partial charge in [0, 0.05) is 26.2 Å². The number of carbonyl (C=O) groups excluding carboxylic acids is 1. The molecule has 0 fully saturated rings. The van der Waals surface area contributed by atoms with Crippen molar-refractivity contribution in [3.63, 3.8) is 0 Å². The SMILES string of the molecule is COC(=O)N/N=C/c1cc(Cl)cc(Cl)c1OCc1c(Cl)cccc1Cl. The van der Waals surface area contributed by atoms with Gasteiger partial charge in [-0.15, -0.1) is 0 Å². The minimum absolute atomic E-state index is 0.0884. The van der Waals surface area contributed by atoms with Gasteiger partial charge in [0.15, 0.2) is 0 Å². The van der Waals surface area contributed by atoms with Crippen LogP contribution in [-0.4, -0.2) is 19.4 Å². The summed E-state index contributed by atoms with van der Waals surface area (Å²) in [7, 11) is 1.23. The second-order valence-corrected chi connectivity index (χ2v) is 6.31. The zero-order chi connectivity index (χ0) is 18.4.